The lowest BCUT2D eigenvalue weighted by Crippen LogP contribution is -2.29. The molecule has 0 fully saturated rings. The molecule has 0 radical (unpaired) electrons. The molecule has 18 heavy (non-hydrogen) atoms. The zero-order valence-corrected chi connectivity index (χ0v) is 11.1. The Morgan fingerprint density at radius 3 is 2.17 bits per heavy atom. The second-order valence-corrected chi connectivity index (χ2v) is 5.69. The summed E-state index contributed by atoms with van der Waals surface area (Å²) in [4.78, 5) is 1.80. The monoisotopic (exact) mass is 260 g/mol. The number of nitrogen functional groups attached to an aromatic ring is 1. The van der Waals surface area contributed by atoms with Crippen molar-refractivity contribution >= 4 is 11.4 Å². The third-order valence-corrected chi connectivity index (χ3v) is 2.49. The summed E-state index contributed by atoms with van der Waals surface area (Å²) >= 11 is 0. The predicted octanol–water partition coefficient (Wildman–Crippen LogP) is 3.77. The Bertz CT molecular complexity index is 419. The van der Waals surface area contributed by atoms with E-state index in [0.29, 0.717) is 12.2 Å². The second-order valence-electron chi connectivity index (χ2n) is 5.69. The van der Waals surface area contributed by atoms with Gasteiger partial charge in [-0.05, 0) is 23.6 Å². The average Bonchev–Trinajstić information content (AvgIpc) is 2.13. The van der Waals surface area contributed by atoms with Gasteiger partial charge in [0.05, 0.1) is 5.56 Å². The van der Waals surface area contributed by atoms with Crippen LogP contribution in [0.4, 0.5) is 24.5 Å². The molecule has 0 aliphatic carbocycles. The maximum atomic E-state index is 12.7. The first kappa shape index (κ1) is 14.7. The molecule has 0 saturated carbocycles. The van der Waals surface area contributed by atoms with Crippen LogP contribution in [0.3, 0.4) is 0 Å². The van der Waals surface area contributed by atoms with Crippen molar-refractivity contribution in [3.05, 3.63) is 23.8 Å². The Labute approximate surface area is 106 Å². The van der Waals surface area contributed by atoms with Crippen molar-refractivity contribution in [2.24, 2.45) is 5.41 Å². The summed E-state index contributed by atoms with van der Waals surface area (Å²) in [6.45, 7) is 6.76. The maximum absolute atomic E-state index is 12.7. The van der Waals surface area contributed by atoms with Crippen LogP contribution < -0.4 is 10.6 Å². The number of rotatable bonds is 2. The Kier molecular flexibility index (Phi) is 3.84. The van der Waals surface area contributed by atoms with Crippen molar-refractivity contribution in [1.82, 2.24) is 0 Å². The molecule has 1 aromatic rings. The molecule has 0 saturated heterocycles. The first-order valence-corrected chi connectivity index (χ1v) is 5.68. The van der Waals surface area contributed by atoms with Crippen LogP contribution in [0.2, 0.25) is 0 Å². The maximum Gasteiger partial charge on any atom is 0.418 e. The quantitative estimate of drug-likeness (QED) is 0.820. The molecule has 1 aromatic carbocycles. The number of alkyl halides is 3. The summed E-state index contributed by atoms with van der Waals surface area (Å²) in [6.07, 6.45) is -4.41. The summed E-state index contributed by atoms with van der Waals surface area (Å²) in [5.74, 6) is 0. The van der Waals surface area contributed by atoms with Crippen LogP contribution in [0.15, 0.2) is 18.2 Å². The van der Waals surface area contributed by atoms with Crippen molar-refractivity contribution in [3.63, 3.8) is 0 Å². The Morgan fingerprint density at radius 1 is 1.17 bits per heavy atom. The molecule has 0 amide bonds. The minimum absolute atomic E-state index is 0.00846. The highest BCUT2D eigenvalue weighted by Gasteiger charge is 2.33. The third kappa shape index (κ3) is 3.82. The van der Waals surface area contributed by atoms with Crippen molar-refractivity contribution < 1.29 is 13.2 Å². The molecule has 0 unspecified atom stereocenters. The highest BCUT2D eigenvalue weighted by atomic mass is 19.4. The number of anilines is 2. The van der Waals surface area contributed by atoms with E-state index >= 15 is 0 Å². The first-order valence-electron chi connectivity index (χ1n) is 5.68. The van der Waals surface area contributed by atoms with Crippen LogP contribution in [0.25, 0.3) is 0 Å². The summed E-state index contributed by atoms with van der Waals surface area (Å²) in [6, 6.07) is 4.01. The van der Waals surface area contributed by atoms with Crippen LogP contribution in [-0.2, 0) is 6.18 Å². The van der Waals surface area contributed by atoms with E-state index in [1.165, 1.54) is 6.07 Å². The molecule has 102 valence electrons. The largest absolute Gasteiger partial charge is 0.418 e. The van der Waals surface area contributed by atoms with Gasteiger partial charge in [-0.25, -0.2) is 0 Å². The van der Waals surface area contributed by atoms with Crippen molar-refractivity contribution in [2.45, 2.75) is 26.9 Å². The molecule has 2 N–H and O–H groups in total. The highest BCUT2D eigenvalue weighted by Crippen LogP contribution is 2.36. The van der Waals surface area contributed by atoms with Crippen molar-refractivity contribution in [1.29, 1.82) is 0 Å². The van der Waals surface area contributed by atoms with E-state index in [-0.39, 0.29) is 11.1 Å². The fourth-order valence-electron chi connectivity index (χ4n) is 1.83. The van der Waals surface area contributed by atoms with E-state index in [0.717, 1.165) is 6.07 Å². The molecule has 0 heterocycles. The zero-order valence-electron chi connectivity index (χ0n) is 11.1. The van der Waals surface area contributed by atoms with Crippen LogP contribution in [-0.4, -0.2) is 13.6 Å². The van der Waals surface area contributed by atoms with Gasteiger partial charge in [0.2, 0.25) is 0 Å². The van der Waals surface area contributed by atoms with Crippen LogP contribution in [0.1, 0.15) is 26.3 Å². The van der Waals surface area contributed by atoms with E-state index in [9.17, 15) is 13.2 Å². The Morgan fingerprint density at radius 2 is 1.72 bits per heavy atom. The molecule has 0 aliphatic rings. The second kappa shape index (κ2) is 4.71. The lowest BCUT2D eigenvalue weighted by molar-refractivity contribution is -0.136. The van der Waals surface area contributed by atoms with Gasteiger partial charge in [-0.2, -0.15) is 13.2 Å². The summed E-state index contributed by atoms with van der Waals surface area (Å²) in [7, 11) is 1.77. The molecule has 0 atom stereocenters. The number of halogens is 3. The van der Waals surface area contributed by atoms with E-state index in [1.807, 2.05) is 20.8 Å². The Balaban J connectivity index is 3.06. The zero-order chi connectivity index (χ0) is 14.1. The lowest BCUT2D eigenvalue weighted by atomic mass is 9.96. The number of hydrogen-bond acceptors (Lipinski definition) is 2. The summed E-state index contributed by atoms with van der Waals surface area (Å²) in [5.41, 5.74) is 4.88. The Hall–Kier alpha value is -1.39. The topological polar surface area (TPSA) is 29.3 Å². The van der Waals surface area contributed by atoms with Gasteiger partial charge in [-0.1, -0.05) is 20.8 Å². The number of nitrogens with two attached hydrogens (primary N) is 1. The minimum atomic E-state index is -4.41. The number of benzene rings is 1. The van der Waals surface area contributed by atoms with E-state index < -0.39 is 11.7 Å². The molecule has 0 aliphatic heterocycles. The van der Waals surface area contributed by atoms with Gasteiger partial charge in [0.25, 0.3) is 0 Å². The van der Waals surface area contributed by atoms with E-state index in [4.69, 9.17) is 5.73 Å². The van der Waals surface area contributed by atoms with Crippen LogP contribution in [0, 0.1) is 5.41 Å². The number of nitrogens with zero attached hydrogens (tertiary/aromatic N) is 1. The van der Waals surface area contributed by atoms with Crippen LogP contribution in [0.5, 0.6) is 0 Å². The molecule has 5 heteroatoms. The molecule has 0 aromatic heterocycles. The standard InChI is InChI=1S/C13H19F3N2/c1-12(2,3)8-18(4)9-5-6-11(17)10(7-9)13(14,15)16/h5-7H,8,17H2,1-4H3. The van der Waals surface area contributed by atoms with Gasteiger partial charge in [0.15, 0.2) is 0 Å². The van der Waals surface area contributed by atoms with Crippen LogP contribution >= 0.6 is 0 Å². The smallest absolute Gasteiger partial charge is 0.398 e. The minimum Gasteiger partial charge on any atom is -0.398 e. The van der Waals surface area contributed by atoms with Crippen molar-refractivity contribution in [3.8, 4) is 0 Å². The SMILES string of the molecule is CN(CC(C)(C)C)c1ccc(N)c(C(F)(F)F)c1. The van der Waals surface area contributed by atoms with Gasteiger partial charge in [-0.15, -0.1) is 0 Å². The van der Waals surface area contributed by atoms with Gasteiger partial charge < -0.3 is 10.6 Å². The normalized spacial score (nSPS) is 12.6. The molecule has 2 nitrogen and oxygen atoms in total. The highest BCUT2D eigenvalue weighted by molar-refractivity contribution is 5.59. The molecule has 1 rings (SSSR count). The third-order valence-electron chi connectivity index (χ3n) is 2.49. The average molecular weight is 260 g/mol. The summed E-state index contributed by atoms with van der Waals surface area (Å²) in [5, 5.41) is 0. The number of hydrogen-bond donors (Lipinski definition) is 1. The molecular weight excluding hydrogens is 241 g/mol. The first-order chi connectivity index (χ1) is 8.00. The molecule has 0 bridgehead atoms. The van der Waals surface area contributed by atoms with Crippen molar-refractivity contribution in [2.75, 3.05) is 24.2 Å². The fraction of sp³-hybridized carbons (Fsp3) is 0.538. The lowest BCUT2D eigenvalue weighted by Gasteiger charge is -2.29. The van der Waals surface area contributed by atoms with Gasteiger partial charge in [0.1, 0.15) is 0 Å². The molecule has 0 spiro atoms. The molecular formula is C13H19F3N2. The van der Waals surface area contributed by atoms with Gasteiger partial charge in [0, 0.05) is 25.0 Å². The van der Waals surface area contributed by atoms with E-state index in [1.54, 1.807) is 18.0 Å². The van der Waals surface area contributed by atoms with Gasteiger partial charge >= 0.3 is 6.18 Å². The summed E-state index contributed by atoms with van der Waals surface area (Å²) < 4.78 is 38.2. The fourth-order valence-corrected chi connectivity index (χ4v) is 1.83. The predicted molar refractivity (Wildman–Crippen MR) is 68.6 cm³/mol. The van der Waals surface area contributed by atoms with E-state index in [2.05, 4.69) is 0 Å². The van der Waals surface area contributed by atoms with Gasteiger partial charge in [-0.3, -0.25) is 0 Å².